The van der Waals surface area contributed by atoms with E-state index < -0.39 is 0 Å². The molecule has 1 nitrogen and oxygen atoms in total. The summed E-state index contributed by atoms with van der Waals surface area (Å²) in [5, 5.41) is 0. The summed E-state index contributed by atoms with van der Waals surface area (Å²) in [5.41, 5.74) is 6.93. The van der Waals surface area contributed by atoms with Gasteiger partial charge >= 0.3 is 0 Å². The first kappa shape index (κ1) is 11.1. The third-order valence-electron chi connectivity index (χ3n) is 3.50. The van der Waals surface area contributed by atoms with Crippen LogP contribution in [0.3, 0.4) is 0 Å². The van der Waals surface area contributed by atoms with Gasteiger partial charge < -0.3 is 4.90 Å². The van der Waals surface area contributed by atoms with E-state index in [9.17, 15) is 0 Å². The number of fused-ring (bicyclic) bond motifs is 1. The van der Waals surface area contributed by atoms with Crippen molar-refractivity contribution in [3.63, 3.8) is 0 Å². The van der Waals surface area contributed by atoms with E-state index in [0.29, 0.717) is 0 Å². The summed E-state index contributed by atoms with van der Waals surface area (Å²) in [6.07, 6.45) is 1.04. The number of rotatable bonds is 2. The summed E-state index contributed by atoms with van der Waals surface area (Å²) in [6.45, 7) is 0. The molecule has 0 N–H and O–H groups in total. The van der Waals surface area contributed by atoms with Gasteiger partial charge in [0.1, 0.15) is 0 Å². The maximum absolute atomic E-state index is 2.23. The van der Waals surface area contributed by atoms with Crippen molar-refractivity contribution in [2.45, 2.75) is 6.42 Å². The van der Waals surface area contributed by atoms with Crippen LogP contribution in [-0.2, 0) is 6.42 Å². The van der Waals surface area contributed by atoms with Crippen LogP contribution < -0.4 is 0 Å². The van der Waals surface area contributed by atoms with Gasteiger partial charge in [0.05, 0.1) is 0 Å². The largest absolute Gasteiger partial charge is 0.377 e. The minimum atomic E-state index is 1.04. The van der Waals surface area contributed by atoms with Gasteiger partial charge in [-0.3, -0.25) is 0 Å². The van der Waals surface area contributed by atoms with Gasteiger partial charge in [-0.05, 0) is 16.7 Å². The zero-order valence-corrected chi connectivity index (χ0v) is 10.9. The van der Waals surface area contributed by atoms with Gasteiger partial charge in [-0.25, -0.2) is 0 Å². The number of allylic oxidation sites excluding steroid dienone is 1. The molecule has 0 bridgehead atoms. The van der Waals surface area contributed by atoms with Crippen LogP contribution in [0.25, 0.3) is 11.3 Å². The van der Waals surface area contributed by atoms with E-state index in [2.05, 4.69) is 73.6 Å². The van der Waals surface area contributed by atoms with E-state index in [1.54, 1.807) is 0 Å². The second-order valence-electron chi connectivity index (χ2n) is 4.92. The predicted octanol–water partition coefficient (Wildman–Crippen LogP) is 3.67. The molecule has 0 radical (unpaired) electrons. The second kappa shape index (κ2) is 4.34. The molecule has 1 aliphatic rings. The Morgan fingerprint density at radius 2 is 1.50 bits per heavy atom. The number of hydrogen-bond acceptors (Lipinski definition) is 1. The van der Waals surface area contributed by atoms with E-state index >= 15 is 0 Å². The summed E-state index contributed by atoms with van der Waals surface area (Å²) in [4.78, 5) is 2.23. The summed E-state index contributed by atoms with van der Waals surface area (Å²) in [6, 6.07) is 19.4. The first-order chi connectivity index (χ1) is 8.77. The van der Waals surface area contributed by atoms with Gasteiger partial charge in [-0.2, -0.15) is 0 Å². The zero-order chi connectivity index (χ0) is 12.5. The Morgan fingerprint density at radius 3 is 2.22 bits per heavy atom. The van der Waals surface area contributed by atoms with Crippen LogP contribution in [0, 0.1) is 0 Å². The molecule has 90 valence electrons. The quantitative estimate of drug-likeness (QED) is 0.767. The van der Waals surface area contributed by atoms with Crippen LogP contribution in [-0.4, -0.2) is 19.0 Å². The molecular formula is C17H17N. The van der Waals surface area contributed by atoms with Crippen molar-refractivity contribution in [2.24, 2.45) is 0 Å². The van der Waals surface area contributed by atoms with E-state index in [1.165, 1.54) is 28.0 Å². The summed E-state index contributed by atoms with van der Waals surface area (Å²) in [7, 11) is 4.25. The maximum Gasteiger partial charge on any atom is 0.0479 e. The maximum atomic E-state index is 2.23. The molecule has 3 rings (SSSR count). The lowest BCUT2D eigenvalue weighted by atomic mass is 10.0. The van der Waals surface area contributed by atoms with Gasteiger partial charge in [0, 0.05) is 31.8 Å². The Labute approximate surface area is 108 Å². The monoisotopic (exact) mass is 235 g/mol. The van der Waals surface area contributed by atoms with E-state index in [0.717, 1.165) is 6.42 Å². The molecule has 1 heteroatoms. The highest BCUT2D eigenvalue weighted by atomic mass is 15.1. The fourth-order valence-electron chi connectivity index (χ4n) is 2.73. The second-order valence-corrected chi connectivity index (χ2v) is 4.92. The van der Waals surface area contributed by atoms with E-state index in [4.69, 9.17) is 0 Å². The van der Waals surface area contributed by atoms with Crippen LogP contribution in [0.1, 0.15) is 16.7 Å². The smallest absolute Gasteiger partial charge is 0.0479 e. The summed E-state index contributed by atoms with van der Waals surface area (Å²) >= 11 is 0. The molecule has 18 heavy (non-hydrogen) atoms. The molecule has 0 saturated carbocycles. The molecule has 0 heterocycles. The van der Waals surface area contributed by atoms with Crippen LogP contribution in [0.5, 0.6) is 0 Å². The highest BCUT2D eigenvalue weighted by Crippen LogP contribution is 2.38. The van der Waals surface area contributed by atoms with Crippen LogP contribution in [0.4, 0.5) is 0 Å². The number of hydrogen-bond donors (Lipinski definition) is 0. The van der Waals surface area contributed by atoms with Crippen molar-refractivity contribution in [3.05, 3.63) is 71.3 Å². The molecule has 0 amide bonds. The summed E-state index contributed by atoms with van der Waals surface area (Å²) < 4.78 is 0. The number of benzene rings is 2. The van der Waals surface area contributed by atoms with E-state index in [1.807, 2.05) is 0 Å². The molecule has 0 aliphatic heterocycles. The molecule has 1 aliphatic carbocycles. The minimum absolute atomic E-state index is 1.04. The SMILES string of the molecule is CN(C)C1=C(c2ccccc2)Cc2ccccc21. The third kappa shape index (κ3) is 1.72. The Balaban J connectivity index is 2.17. The van der Waals surface area contributed by atoms with Crippen LogP contribution in [0.15, 0.2) is 54.6 Å². The van der Waals surface area contributed by atoms with Gasteiger partial charge in [0.2, 0.25) is 0 Å². The topological polar surface area (TPSA) is 3.24 Å². The first-order valence-electron chi connectivity index (χ1n) is 6.31. The van der Waals surface area contributed by atoms with Crippen molar-refractivity contribution in [1.29, 1.82) is 0 Å². The molecule has 2 aromatic carbocycles. The van der Waals surface area contributed by atoms with Gasteiger partial charge in [0.15, 0.2) is 0 Å². The van der Waals surface area contributed by atoms with Gasteiger partial charge in [-0.1, -0.05) is 54.6 Å². The lowest BCUT2D eigenvalue weighted by Gasteiger charge is -2.18. The lowest BCUT2D eigenvalue weighted by Crippen LogP contribution is -2.10. The Morgan fingerprint density at radius 1 is 0.833 bits per heavy atom. The highest BCUT2D eigenvalue weighted by molar-refractivity contribution is 5.96. The molecule has 0 unspecified atom stereocenters. The van der Waals surface area contributed by atoms with Crippen molar-refractivity contribution in [2.75, 3.05) is 14.1 Å². The van der Waals surface area contributed by atoms with Crippen molar-refractivity contribution in [1.82, 2.24) is 4.90 Å². The average Bonchev–Trinajstić information content (AvgIpc) is 2.79. The molecular weight excluding hydrogens is 218 g/mol. The molecule has 2 aromatic rings. The highest BCUT2D eigenvalue weighted by Gasteiger charge is 2.23. The fraction of sp³-hybridized carbons (Fsp3) is 0.176. The molecule has 0 aromatic heterocycles. The lowest BCUT2D eigenvalue weighted by molar-refractivity contribution is 0.594. The Kier molecular flexibility index (Phi) is 2.67. The van der Waals surface area contributed by atoms with E-state index in [-0.39, 0.29) is 0 Å². The molecule has 0 atom stereocenters. The molecule has 0 fully saturated rings. The Hall–Kier alpha value is -2.02. The third-order valence-corrected chi connectivity index (χ3v) is 3.50. The minimum Gasteiger partial charge on any atom is -0.377 e. The summed E-state index contributed by atoms with van der Waals surface area (Å²) in [5.74, 6) is 0. The fourth-order valence-corrected chi connectivity index (χ4v) is 2.73. The van der Waals surface area contributed by atoms with Gasteiger partial charge in [-0.15, -0.1) is 0 Å². The molecule has 0 spiro atoms. The normalized spacial score (nSPS) is 13.7. The van der Waals surface area contributed by atoms with Crippen molar-refractivity contribution >= 4 is 11.3 Å². The number of nitrogens with zero attached hydrogens (tertiary/aromatic N) is 1. The first-order valence-corrected chi connectivity index (χ1v) is 6.31. The van der Waals surface area contributed by atoms with Crippen molar-refractivity contribution in [3.8, 4) is 0 Å². The van der Waals surface area contributed by atoms with Crippen molar-refractivity contribution < 1.29 is 0 Å². The zero-order valence-electron chi connectivity index (χ0n) is 10.9. The molecule has 0 saturated heterocycles. The standard InChI is InChI=1S/C17H17N/c1-18(2)17-15-11-7-6-10-14(15)12-16(17)13-8-4-3-5-9-13/h3-11H,12H2,1-2H3. The van der Waals surface area contributed by atoms with Gasteiger partial charge in [0.25, 0.3) is 0 Å². The average molecular weight is 235 g/mol. The van der Waals surface area contributed by atoms with Crippen LogP contribution in [0.2, 0.25) is 0 Å². The Bertz CT molecular complexity index is 594. The van der Waals surface area contributed by atoms with Crippen LogP contribution >= 0.6 is 0 Å². The predicted molar refractivity (Wildman–Crippen MR) is 77.1 cm³/mol.